The van der Waals surface area contributed by atoms with Gasteiger partial charge in [-0.3, -0.25) is 4.79 Å². The van der Waals surface area contributed by atoms with Crippen LogP contribution in [0.2, 0.25) is 5.02 Å². The first-order chi connectivity index (χ1) is 9.82. The van der Waals surface area contributed by atoms with E-state index >= 15 is 0 Å². The molecule has 1 saturated carbocycles. The van der Waals surface area contributed by atoms with Gasteiger partial charge in [-0.05, 0) is 31.4 Å². The summed E-state index contributed by atoms with van der Waals surface area (Å²) in [7, 11) is -2.34. The third-order valence-corrected chi connectivity index (χ3v) is 6.09. The second-order valence-electron chi connectivity index (χ2n) is 5.36. The number of sulfonamides is 1. The number of hydrogen-bond acceptors (Lipinski definition) is 3. The Morgan fingerprint density at radius 3 is 2.48 bits per heavy atom. The van der Waals surface area contributed by atoms with Crippen molar-refractivity contribution < 1.29 is 13.2 Å². The van der Waals surface area contributed by atoms with E-state index in [-0.39, 0.29) is 15.8 Å². The molecule has 1 fully saturated rings. The molecule has 1 aliphatic rings. The van der Waals surface area contributed by atoms with E-state index in [4.69, 9.17) is 11.6 Å². The second kappa shape index (κ2) is 5.94. The van der Waals surface area contributed by atoms with Gasteiger partial charge in [0.2, 0.25) is 15.9 Å². The lowest BCUT2D eigenvalue weighted by Gasteiger charge is -2.28. The summed E-state index contributed by atoms with van der Waals surface area (Å²) in [5.74, 6) is -0.299. The molecule has 0 aliphatic heterocycles. The maximum absolute atomic E-state index is 12.6. The van der Waals surface area contributed by atoms with Crippen molar-refractivity contribution >= 4 is 27.5 Å². The summed E-state index contributed by atoms with van der Waals surface area (Å²) in [5, 5.41) is 2.74. The lowest BCUT2D eigenvalue weighted by atomic mass is 9.98. The van der Waals surface area contributed by atoms with Gasteiger partial charge in [-0.2, -0.15) is 4.72 Å². The molecule has 0 bridgehead atoms. The van der Waals surface area contributed by atoms with E-state index in [1.54, 1.807) is 19.1 Å². The largest absolute Gasteiger partial charge is 0.358 e. The van der Waals surface area contributed by atoms with Crippen LogP contribution in [0.3, 0.4) is 0 Å². The van der Waals surface area contributed by atoms with Crippen LogP contribution in [-0.4, -0.2) is 26.9 Å². The molecule has 2 N–H and O–H groups in total. The number of aryl methyl sites for hydroxylation is 1. The maximum atomic E-state index is 12.6. The molecule has 21 heavy (non-hydrogen) atoms. The highest BCUT2D eigenvalue weighted by Crippen LogP contribution is 2.33. The quantitative estimate of drug-likeness (QED) is 0.886. The first-order valence-corrected chi connectivity index (χ1v) is 8.70. The Kier molecular flexibility index (Phi) is 4.60. The number of amides is 1. The fraction of sp³-hybridized carbons (Fsp3) is 0.500. The Morgan fingerprint density at radius 1 is 1.29 bits per heavy atom. The van der Waals surface area contributed by atoms with Crippen LogP contribution >= 0.6 is 11.6 Å². The Balaban J connectivity index is 2.40. The van der Waals surface area contributed by atoms with E-state index in [1.165, 1.54) is 13.1 Å². The smallest absolute Gasteiger partial charge is 0.243 e. The van der Waals surface area contributed by atoms with Gasteiger partial charge in [0.05, 0.1) is 5.02 Å². The number of rotatable bonds is 4. The third kappa shape index (κ3) is 3.07. The zero-order chi connectivity index (χ0) is 15.7. The molecule has 0 unspecified atom stereocenters. The van der Waals surface area contributed by atoms with Gasteiger partial charge in [-0.1, -0.05) is 36.6 Å². The normalized spacial score (nSPS) is 17.7. The Hall–Kier alpha value is -1.11. The van der Waals surface area contributed by atoms with Crippen molar-refractivity contribution in [3.05, 3.63) is 28.8 Å². The summed E-state index contributed by atoms with van der Waals surface area (Å²) in [6, 6.07) is 4.83. The van der Waals surface area contributed by atoms with E-state index in [0.29, 0.717) is 18.4 Å². The average Bonchev–Trinajstić information content (AvgIpc) is 2.89. The van der Waals surface area contributed by atoms with Crippen molar-refractivity contribution in [1.82, 2.24) is 10.0 Å². The maximum Gasteiger partial charge on any atom is 0.243 e. The first-order valence-electron chi connectivity index (χ1n) is 6.84. The molecule has 1 aromatic carbocycles. The van der Waals surface area contributed by atoms with Gasteiger partial charge < -0.3 is 5.32 Å². The van der Waals surface area contributed by atoms with Crippen LogP contribution in [0.4, 0.5) is 0 Å². The minimum absolute atomic E-state index is 0.0133. The summed E-state index contributed by atoms with van der Waals surface area (Å²) < 4.78 is 27.8. The summed E-state index contributed by atoms with van der Waals surface area (Å²) in [4.78, 5) is 12.1. The molecule has 0 atom stereocenters. The molecule has 7 heteroatoms. The van der Waals surface area contributed by atoms with E-state index in [9.17, 15) is 13.2 Å². The van der Waals surface area contributed by atoms with Gasteiger partial charge in [-0.25, -0.2) is 8.42 Å². The zero-order valence-corrected chi connectivity index (χ0v) is 13.6. The van der Waals surface area contributed by atoms with E-state index in [0.717, 1.165) is 12.8 Å². The van der Waals surface area contributed by atoms with Crippen LogP contribution in [-0.2, 0) is 14.8 Å². The molecule has 0 spiro atoms. The monoisotopic (exact) mass is 330 g/mol. The van der Waals surface area contributed by atoms with Crippen molar-refractivity contribution in [1.29, 1.82) is 0 Å². The molecular weight excluding hydrogens is 312 g/mol. The average molecular weight is 331 g/mol. The Labute approximate surface area is 130 Å². The summed E-state index contributed by atoms with van der Waals surface area (Å²) in [6.45, 7) is 1.74. The molecule has 0 saturated heterocycles. The number of carbonyl (C=O) groups excluding carboxylic acids is 1. The van der Waals surface area contributed by atoms with E-state index in [1.807, 2.05) is 0 Å². The topological polar surface area (TPSA) is 75.3 Å². The number of halogens is 1. The van der Waals surface area contributed by atoms with Gasteiger partial charge in [0.15, 0.2) is 0 Å². The van der Waals surface area contributed by atoms with E-state index < -0.39 is 15.6 Å². The van der Waals surface area contributed by atoms with Crippen molar-refractivity contribution in [3.8, 4) is 0 Å². The highest BCUT2D eigenvalue weighted by molar-refractivity contribution is 7.89. The molecule has 0 radical (unpaired) electrons. The Morgan fingerprint density at radius 2 is 1.90 bits per heavy atom. The molecule has 116 valence electrons. The van der Waals surface area contributed by atoms with Gasteiger partial charge >= 0.3 is 0 Å². The SMILES string of the molecule is CNC(=O)C1(NS(=O)(=O)c2cccc(C)c2Cl)CCCC1. The van der Waals surface area contributed by atoms with Crippen LogP contribution < -0.4 is 10.0 Å². The predicted molar refractivity (Wildman–Crippen MR) is 81.8 cm³/mol. The van der Waals surface area contributed by atoms with E-state index in [2.05, 4.69) is 10.0 Å². The number of carbonyl (C=O) groups is 1. The minimum Gasteiger partial charge on any atom is -0.358 e. The van der Waals surface area contributed by atoms with Crippen LogP contribution in [0.5, 0.6) is 0 Å². The van der Waals surface area contributed by atoms with Gasteiger partial charge in [0.25, 0.3) is 0 Å². The molecule has 0 aromatic heterocycles. The molecule has 1 aromatic rings. The van der Waals surface area contributed by atoms with Crippen molar-refractivity contribution in [2.75, 3.05) is 7.05 Å². The van der Waals surface area contributed by atoms with Crippen molar-refractivity contribution in [2.45, 2.75) is 43.0 Å². The highest BCUT2D eigenvalue weighted by atomic mass is 35.5. The minimum atomic E-state index is -3.85. The number of benzene rings is 1. The molecule has 1 amide bonds. The third-order valence-electron chi connectivity index (χ3n) is 3.89. The fourth-order valence-electron chi connectivity index (χ4n) is 2.73. The molecule has 5 nitrogen and oxygen atoms in total. The molecule has 0 heterocycles. The van der Waals surface area contributed by atoms with Gasteiger partial charge in [0.1, 0.15) is 10.4 Å². The summed E-state index contributed by atoms with van der Waals surface area (Å²) >= 11 is 6.10. The molecule has 1 aliphatic carbocycles. The first kappa shape index (κ1) is 16.3. The van der Waals surface area contributed by atoms with Crippen LogP contribution in [0.25, 0.3) is 0 Å². The van der Waals surface area contributed by atoms with Gasteiger partial charge in [-0.15, -0.1) is 0 Å². The molecular formula is C14H19ClN2O3S. The number of hydrogen-bond donors (Lipinski definition) is 2. The number of nitrogens with one attached hydrogen (secondary N) is 2. The Bertz CT molecular complexity index is 652. The van der Waals surface area contributed by atoms with Crippen LogP contribution in [0.15, 0.2) is 23.1 Å². The van der Waals surface area contributed by atoms with Crippen molar-refractivity contribution in [2.24, 2.45) is 0 Å². The second-order valence-corrected chi connectivity index (χ2v) is 7.39. The van der Waals surface area contributed by atoms with Gasteiger partial charge in [0, 0.05) is 7.05 Å². The lowest BCUT2D eigenvalue weighted by Crippen LogP contribution is -2.56. The van der Waals surface area contributed by atoms with Crippen LogP contribution in [0, 0.1) is 6.92 Å². The number of likely N-dealkylation sites (N-methyl/N-ethyl adjacent to an activating group) is 1. The summed E-state index contributed by atoms with van der Waals surface area (Å²) in [6.07, 6.45) is 2.62. The van der Waals surface area contributed by atoms with Crippen LogP contribution in [0.1, 0.15) is 31.2 Å². The molecule has 2 rings (SSSR count). The predicted octanol–water partition coefficient (Wildman–Crippen LogP) is 1.99. The standard InChI is InChI=1S/C14H19ClN2O3S/c1-10-6-5-7-11(12(10)15)21(19,20)17-14(13(18)16-2)8-3-4-9-14/h5-7,17H,3-4,8-9H2,1-2H3,(H,16,18). The zero-order valence-electron chi connectivity index (χ0n) is 12.1. The fourth-order valence-corrected chi connectivity index (χ4v) is 4.74. The van der Waals surface area contributed by atoms with Crippen molar-refractivity contribution in [3.63, 3.8) is 0 Å². The lowest BCUT2D eigenvalue weighted by molar-refractivity contribution is -0.126. The highest BCUT2D eigenvalue weighted by Gasteiger charge is 2.44. The summed E-state index contributed by atoms with van der Waals surface area (Å²) in [5.41, 5.74) is -0.388.